The van der Waals surface area contributed by atoms with Gasteiger partial charge >= 0.3 is 12.0 Å². The van der Waals surface area contributed by atoms with Crippen molar-refractivity contribution in [3.63, 3.8) is 0 Å². The number of H-pyrrole nitrogens is 1. The van der Waals surface area contributed by atoms with Gasteiger partial charge < -0.3 is 20.8 Å². The Kier molecular flexibility index (Phi) is 3.33. The molecule has 0 bridgehead atoms. The molecule has 0 spiro atoms. The van der Waals surface area contributed by atoms with E-state index in [4.69, 9.17) is 5.11 Å². The maximum atomic E-state index is 11.6. The third kappa shape index (κ3) is 3.00. The maximum Gasteiger partial charge on any atom is 0.335 e. The van der Waals surface area contributed by atoms with Crippen LogP contribution in [0.25, 0.3) is 0 Å². The van der Waals surface area contributed by atoms with E-state index < -0.39 is 12.0 Å². The van der Waals surface area contributed by atoms with Crippen LogP contribution < -0.4 is 10.6 Å². The monoisotopic (exact) mass is 262 g/mol. The van der Waals surface area contributed by atoms with Crippen LogP contribution in [0.4, 0.5) is 16.2 Å². The summed E-state index contributed by atoms with van der Waals surface area (Å²) < 4.78 is 0. The molecule has 1 heterocycles. The molecule has 2 aromatic rings. The Morgan fingerprint density at radius 3 is 2.63 bits per heavy atom. The summed E-state index contributed by atoms with van der Waals surface area (Å²) in [6.45, 7) is 0. The number of rotatable bonds is 3. The van der Waals surface area contributed by atoms with Crippen molar-refractivity contribution < 1.29 is 19.8 Å². The summed E-state index contributed by atoms with van der Waals surface area (Å²) in [5.74, 6) is -1.49. The fraction of sp³-hybridized carbons (Fsp3) is 0. The van der Waals surface area contributed by atoms with Gasteiger partial charge in [0, 0.05) is 6.20 Å². The number of amides is 2. The van der Waals surface area contributed by atoms with Gasteiger partial charge in [0.15, 0.2) is 0 Å². The minimum atomic E-state index is -1.16. The third-order valence-corrected chi connectivity index (χ3v) is 2.25. The molecule has 0 fully saturated rings. The molecule has 0 saturated carbocycles. The van der Waals surface area contributed by atoms with Crippen molar-refractivity contribution in [2.24, 2.45) is 0 Å². The Morgan fingerprint density at radius 2 is 2.05 bits per heavy atom. The molecule has 8 nitrogen and oxygen atoms in total. The van der Waals surface area contributed by atoms with E-state index in [0.717, 1.165) is 6.07 Å². The first-order valence-corrected chi connectivity index (χ1v) is 5.19. The number of hydrogen-bond donors (Lipinski definition) is 5. The van der Waals surface area contributed by atoms with Crippen molar-refractivity contribution in [2.45, 2.75) is 0 Å². The van der Waals surface area contributed by atoms with Crippen LogP contribution in [0.3, 0.4) is 0 Å². The van der Waals surface area contributed by atoms with Gasteiger partial charge in [-0.05, 0) is 18.2 Å². The molecule has 2 amide bonds. The number of nitrogens with one attached hydrogen (secondary N) is 3. The number of carboxylic acid groups (broad SMARTS) is 1. The minimum absolute atomic E-state index is 0.0710. The average molecular weight is 262 g/mol. The van der Waals surface area contributed by atoms with Crippen molar-refractivity contribution in [2.75, 3.05) is 10.6 Å². The van der Waals surface area contributed by atoms with Crippen LogP contribution >= 0.6 is 0 Å². The van der Waals surface area contributed by atoms with Crippen LogP contribution in [0.15, 0.2) is 30.6 Å². The number of aromatic nitrogens is 2. The predicted molar refractivity (Wildman–Crippen MR) is 66.3 cm³/mol. The van der Waals surface area contributed by atoms with Gasteiger partial charge in [0.2, 0.25) is 0 Å². The Hall–Kier alpha value is -3.03. The fourth-order valence-corrected chi connectivity index (χ4v) is 1.37. The lowest BCUT2D eigenvalue weighted by molar-refractivity contribution is 0.0696. The first kappa shape index (κ1) is 12.4. The zero-order valence-corrected chi connectivity index (χ0v) is 9.54. The first-order valence-electron chi connectivity index (χ1n) is 5.19. The van der Waals surface area contributed by atoms with E-state index in [9.17, 15) is 14.7 Å². The quantitative estimate of drug-likeness (QED) is 0.535. The summed E-state index contributed by atoms with van der Waals surface area (Å²) in [4.78, 5) is 22.2. The lowest BCUT2D eigenvalue weighted by Gasteiger charge is -2.08. The van der Waals surface area contributed by atoms with E-state index in [0.29, 0.717) is 5.69 Å². The lowest BCUT2D eigenvalue weighted by atomic mass is 10.2. The molecule has 19 heavy (non-hydrogen) atoms. The van der Waals surface area contributed by atoms with E-state index in [1.165, 1.54) is 24.5 Å². The van der Waals surface area contributed by atoms with E-state index in [1.807, 2.05) is 0 Å². The summed E-state index contributed by atoms with van der Waals surface area (Å²) in [7, 11) is 0. The van der Waals surface area contributed by atoms with Crippen molar-refractivity contribution >= 4 is 23.4 Å². The Morgan fingerprint density at radius 1 is 1.26 bits per heavy atom. The van der Waals surface area contributed by atoms with Crippen LogP contribution in [-0.2, 0) is 0 Å². The smallest absolute Gasteiger partial charge is 0.335 e. The maximum absolute atomic E-state index is 11.6. The van der Waals surface area contributed by atoms with E-state index >= 15 is 0 Å². The van der Waals surface area contributed by atoms with Gasteiger partial charge in [-0.25, -0.2) is 9.59 Å². The van der Waals surface area contributed by atoms with Crippen LogP contribution in [0, 0.1) is 0 Å². The predicted octanol–water partition coefficient (Wildman–Crippen LogP) is 1.46. The second kappa shape index (κ2) is 5.08. The molecule has 8 heteroatoms. The van der Waals surface area contributed by atoms with E-state index in [1.54, 1.807) is 0 Å². The normalized spacial score (nSPS) is 9.89. The van der Waals surface area contributed by atoms with E-state index in [2.05, 4.69) is 20.8 Å². The molecule has 0 aliphatic heterocycles. The number of aromatic hydroxyl groups is 1. The molecule has 98 valence electrons. The molecule has 2 rings (SSSR count). The number of carboxylic acids is 1. The molecule has 0 radical (unpaired) electrons. The zero-order chi connectivity index (χ0) is 13.8. The molecule has 0 saturated heterocycles. The summed E-state index contributed by atoms with van der Waals surface area (Å²) in [6.07, 6.45) is 2.89. The van der Waals surface area contributed by atoms with E-state index in [-0.39, 0.29) is 17.0 Å². The number of phenolic OH excluding ortho intramolecular Hbond substituents is 1. The van der Waals surface area contributed by atoms with Crippen LogP contribution in [0.5, 0.6) is 5.75 Å². The average Bonchev–Trinajstić information content (AvgIpc) is 2.84. The van der Waals surface area contributed by atoms with Crippen molar-refractivity contribution in [3.8, 4) is 5.75 Å². The first-order chi connectivity index (χ1) is 9.06. The molecule has 1 aromatic carbocycles. The highest BCUT2D eigenvalue weighted by Gasteiger charge is 2.10. The highest BCUT2D eigenvalue weighted by molar-refractivity contribution is 6.01. The van der Waals surface area contributed by atoms with Crippen LogP contribution in [0.2, 0.25) is 0 Å². The number of carbonyl (C=O) groups excluding carboxylic acids is 1. The third-order valence-electron chi connectivity index (χ3n) is 2.25. The molecule has 0 aliphatic rings. The van der Waals surface area contributed by atoms with Crippen LogP contribution in [0.1, 0.15) is 10.4 Å². The number of carbonyl (C=O) groups is 2. The highest BCUT2D eigenvalue weighted by Crippen LogP contribution is 2.24. The highest BCUT2D eigenvalue weighted by atomic mass is 16.4. The summed E-state index contributed by atoms with van der Waals surface area (Å²) >= 11 is 0. The Labute approximate surface area is 107 Å². The number of anilines is 2. The van der Waals surface area contributed by atoms with Gasteiger partial charge in [-0.3, -0.25) is 5.10 Å². The lowest BCUT2D eigenvalue weighted by Crippen LogP contribution is -2.19. The number of aromatic carboxylic acids is 1. The molecular weight excluding hydrogens is 252 g/mol. The molecule has 0 atom stereocenters. The van der Waals surface area contributed by atoms with Gasteiger partial charge in [-0.1, -0.05) is 0 Å². The number of nitrogens with zero attached hydrogens (tertiary/aromatic N) is 1. The van der Waals surface area contributed by atoms with Gasteiger partial charge in [0.1, 0.15) is 5.75 Å². The fourth-order valence-electron chi connectivity index (χ4n) is 1.37. The second-order valence-electron chi connectivity index (χ2n) is 3.60. The van der Waals surface area contributed by atoms with Crippen molar-refractivity contribution in [3.05, 3.63) is 36.2 Å². The van der Waals surface area contributed by atoms with Gasteiger partial charge in [0.25, 0.3) is 0 Å². The SMILES string of the molecule is O=C(Nc1cn[nH]c1)Nc1ccc(C(=O)O)cc1O. The molecule has 5 N–H and O–H groups in total. The topological polar surface area (TPSA) is 127 Å². The number of hydrogen-bond acceptors (Lipinski definition) is 4. The van der Waals surface area contributed by atoms with Crippen molar-refractivity contribution in [1.29, 1.82) is 0 Å². The summed E-state index contributed by atoms with van der Waals surface area (Å²) in [5.41, 5.74) is 0.489. The summed E-state index contributed by atoms with van der Waals surface area (Å²) in [5, 5.41) is 29.3. The number of aromatic amines is 1. The molecule has 0 aliphatic carbocycles. The standard InChI is InChI=1S/C11H10N4O4/c16-9-3-6(10(17)18)1-2-8(9)15-11(19)14-7-4-12-13-5-7/h1-5,16H,(H,12,13)(H,17,18)(H2,14,15,19). The molecule has 1 aromatic heterocycles. The minimum Gasteiger partial charge on any atom is -0.506 e. The number of phenols is 1. The number of urea groups is 1. The Balaban J connectivity index is 2.07. The van der Waals surface area contributed by atoms with Gasteiger partial charge in [-0.2, -0.15) is 5.10 Å². The number of benzene rings is 1. The molecule has 0 unspecified atom stereocenters. The molecular formula is C11H10N4O4. The van der Waals surface area contributed by atoms with Crippen molar-refractivity contribution in [1.82, 2.24) is 10.2 Å². The zero-order valence-electron chi connectivity index (χ0n) is 9.54. The largest absolute Gasteiger partial charge is 0.506 e. The van der Waals surface area contributed by atoms with Gasteiger partial charge in [-0.15, -0.1) is 0 Å². The van der Waals surface area contributed by atoms with Gasteiger partial charge in [0.05, 0.1) is 23.1 Å². The summed E-state index contributed by atoms with van der Waals surface area (Å²) in [6, 6.07) is 3.04. The Bertz CT molecular complexity index is 609. The second-order valence-corrected chi connectivity index (χ2v) is 3.60. The van der Waals surface area contributed by atoms with Crippen LogP contribution in [-0.4, -0.2) is 32.4 Å².